The van der Waals surface area contributed by atoms with E-state index in [0.29, 0.717) is 5.65 Å². The smallest absolute Gasteiger partial charge is 0.186 e. The highest BCUT2D eigenvalue weighted by Gasteiger charge is 2.13. The van der Waals surface area contributed by atoms with Gasteiger partial charge in [-0.3, -0.25) is 5.10 Å². The van der Waals surface area contributed by atoms with Crippen molar-refractivity contribution in [2.45, 2.75) is 0 Å². The molecule has 0 amide bonds. The van der Waals surface area contributed by atoms with Crippen LogP contribution >= 0.6 is 0 Å². The Morgan fingerprint density at radius 2 is 1.67 bits per heavy atom. The highest BCUT2D eigenvalue weighted by atomic mass is 16.5. The van der Waals surface area contributed by atoms with Gasteiger partial charge in [-0.15, -0.1) is 0 Å². The minimum absolute atomic E-state index is 0.633. The molecule has 0 radical (unpaired) electrons. The summed E-state index contributed by atoms with van der Waals surface area (Å²) in [5.41, 5.74) is 2.50. The summed E-state index contributed by atoms with van der Waals surface area (Å²) in [5, 5.41) is 11.2. The Labute approximate surface area is 138 Å². The van der Waals surface area contributed by atoms with E-state index in [1.165, 1.54) is 6.33 Å². The average Bonchev–Trinajstić information content (AvgIpc) is 3.07. The van der Waals surface area contributed by atoms with Gasteiger partial charge in [0.2, 0.25) is 0 Å². The van der Waals surface area contributed by atoms with Crippen molar-refractivity contribution in [3.05, 3.63) is 60.9 Å². The van der Waals surface area contributed by atoms with Gasteiger partial charge in [0.15, 0.2) is 5.65 Å². The normalized spacial score (nSPS) is 10.7. The topological polar surface area (TPSA) is 75.7 Å². The van der Waals surface area contributed by atoms with E-state index < -0.39 is 0 Å². The molecule has 0 fully saturated rings. The second-order valence-corrected chi connectivity index (χ2v) is 5.21. The molecule has 2 heterocycles. The highest BCUT2D eigenvalue weighted by Crippen LogP contribution is 2.31. The maximum Gasteiger partial charge on any atom is 0.186 e. The van der Waals surface area contributed by atoms with E-state index in [2.05, 4.69) is 25.5 Å². The number of rotatable bonds is 4. The molecule has 2 aromatic heterocycles. The van der Waals surface area contributed by atoms with Crippen LogP contribution in [0.4, 0.5) is 5.82 Å². The van der Waals surface area contributed by atoms with E-state index in [-0.39, 0.29) is 0 Å². The minimum atomic E-state index is 0.633. The molecule has 0 saturated heterocycles. The largest absolute Gasteiger partial charge is 0.457 e. The molecule has 118 valence electrons. The third-order valence-electron chi connectivity index (χ3n) is 3.71. The first-order chi connectivity index (χ1) is 11.8. The zero-order chi connectivity index (χ0) is 16.4. The lowest BCUT2D eigenvalue weighted by Crippen LogP contribution is -1.94. The number of aromatic amines is 1. The molecule has 0 aliphatic heterocycles. The Morgan fingerprint density at radius 1 is 0.917 bits per heavy atom. The van der Waals surface area contributed by atoms with Crippen LogP contribution in [0, 0.1) is 0 Å². The second kappa shape index (κ2) is 6.00. The molecule has 0 spiro atoms. The Balaban J connectivity index is 1.68. The zero-order valence-corrected chi connectivity index (χ0v) is 13.0. The number of H-pyrrole nitrogens is 1. The molecule has 0 atom stereocenters. The summed E-state index contributed by atoms with van der Waals surface area (Å²) < 4.78 is 5.82. The molecule has 0 saturated carbocycles. The fourth-order valence-electron chi connectivity index (χ4n) is 2.57. The molecule has 24 heavy (non-hydrogen) atoms. The Bertz CT molecular complexity index is 964. The van der Waals surface area contributed by atoms with Crippen molar-refractivity contribution in [3.8, 4) is 22.8 Å². The minimum Gasteiger partial charge on any atom is -0.457 e. The number of fused-ring (bicyclic) bond motifs is 1. The van der Waals surface area contributed by atoms with E-state index in [1.807, 2.05) is 61.6 Å². The number of hydrogen-bond acceptors (Lipinski definition) is 5. The van der Waals surface area contributed by atoms with Crippen LogP contribution in [0.15, 0.2) is 60.9 Å². The van der Waals surface area contributed by atoms with Crippen LogP contribution in [0.2, 0.25) is 0 Å². The fraction of sp³-hybridized carbons (Fsp3) is 0.0556. The van der Waals surface area contributed by atoms with Crippen molar-refractivity contribution >= 4 is 16.9 Å². The Hall–Kier alpha value is -3.41. The van der Waals surface area contributed by atoms with E-state index in [0.717, 1.165) is 34.0 Å². The zero-order valence-electron chi connectivity index (χ0n) is 13.0. The standard InChI is InChI=1S/C18H15N5O/c1-19-17-15-16(22-23-18(15)21-11-20-17)12-7-9-14(10-8-12)24-13-5-3-2-4-6-13/h2-11H,1H3,(H2,19,20,21,22,23). The quantitative estimate of drug-likeness (QED) is 0.598. The molecule has 0 aliphatic carbocycles. The predicted molar refractivity (Wildman–Crippen MR) is 93.2 cm³/mol. The molecule has 0 aliphatic rings. The summed E-state index contributed by atoms with van der Waals surface area (Å²) in [6, 6.07) is 17.5. The van der Waals surface area contributed by atoms with Crippen molar-refractivity contribution < 1.29 is 4.74 Å². The van der Waals surface area contributed by atoms with Gasteiger partial charge in [0, 0.05) is 12.6 Å². The summed E-state index contributed by atoms with van der Waals surface area (Å²) in [6.07, 6.45) is 1.50. The summed E-state index contributed by atoms with van der Waals surface area (Å²) in [4.78, 5) is 8.44. The van der Waals surface area contributed by atoms with Crippen LogP contribution in [-0.2, 0) is 0 Å². The van der Waals surface area contributed by atoms with Gasteiger partial charge < -0.3 is 10.1 Å². The van der Waals surface area contributed by atoms with E-state index in [9.17, 15) is 0 Å². The number of benzene rings is 2. The van der Waals surface area contributed by atoms with Gasteiger partial charge in [-0.25, -0.2) is 9.97 Å². The van der Waals surface area contributed by atoms with Gasteiger partial charge in [-0.05, 0) is 36.4 Å². The molecular formula is C18H15N5O. The van der Waals surface area contributed by atoms with Crippen LogP contribution in [0.1, 0.15) is 0 Å². The monoisotopic (exact) mass is 317 g/mol. The number of aromatic nitrogens is 4. The van der Waals surface area contributed by atoms with Crippen LogP contribution in [0.25, 0.3) is 22.3 Å². The Morgan fingerprint density at radius 3 is 2.42 bits per heavy atom. The third kappa shape index (κ3) is 2.54. The van der Waals surface area contributed by atoms with Gasteiger partial charge in [0.25, 0.3) is 0 Å². The summed E-state index contributed by atoms with van der Waals surface area (Å²) in [7, 11) is 1.83. The Kier molecular flexibility index (Phi) is 3.55. The van der Waals surface area contributed by atoms with Crippen LogP contribution in [0.3, 0.4) is 0 Å². The number of ether oxygens (including phenoxy) is 1. The van der Waals surface area contributed by atoms with Crippen molar-refractivity contribution in [3.63, 3.8) is 0 Å². The van der Waals surface area contributed by atoms with Gasteiger partial charge >= 0.3 is 0 Å². The summed E-state index contributed by atoms with van der Waals surface area (Å²) in [6.45, 7) is 0. The van der Waals surface area contributed by atoms with E-state index >= 15 is 0 Å². The summed E-state index contributed by atoms with van der Waals surface area (Å²) in [5.74, 6) is 2.33. The SMILES string of the molecule is CNc1ncnc2n[nH]c(-c3ccc(Oc4ccccc4)cc3)c12. The van der Waals surface area contributed by atoms with E-state index in [1.54, 1.807) is 0 Å². The van der Waals surface area contributed by atoms with Crippen LogP contribution in [0.5, 0.6) is 11.5 Å². The number of anilines is 1. The number of nitrogens with zero attached hydrogens (tertiary/aromatic N) is 3. The highest BCUT2D eigenvalue weighted by molar-refractivity contribution is 5.98. The first-order valence-electron chi connectivity index (χ1n) is 7.55. The molecule has 4 aromatic rings. The molecule has 0 bridgehead atoms. The molecule has 2 N–H and O–H groups in total. The first kappa shape index (κ1) is 14.2. The predicted octanol–water partition coefficient (Wildman–Crippen LogP) is 3.85. The fourth-order valence-corrected chi connectivity index (χ4v) is 2.57. The van der Waals surface area contributed by atoms with Gasteiger partial charge in [-0.1, -0.05) is 18.2 Å². The average molecular weight is 317 g/mol. The maximum absolute atomic E-state index is 5.82. The summed E-state index contributed by atoms with van der Waals surface area (Å²) >= 11 is 0. The van der Waals surface area contributed by atoms with E-state index in [4.69, 9.17) is 4.74 Å². The van der Waals surface area contributed by atoms with Gasteiger partial charge in [0.05, 0.1) is 11.1 Å². The third-order valence-corrected chi connectivity index (χ3v) is 3.71. The van der Waals surface area contributed by atoms with Crippen molar-refractivity contribution in [1.82, 2.24) is 20.2 Å². The van der Waals surface area contributed by atoms with Crippen molar-refractivity contribution in [2.24, 2.45) is 0 Å². The van der Waals surface area contributed by atoms with Crippen LogP contribution < -0.4 is 10.1 Å². The van der Waals surface area contributed by atoms with Gasteiger partial charge in [-0.2, -0.15) is 5.10 Å². The number of nitrogens with one attached hydrogen (secondary N) is 2. The second-order valence-electron chi connectivity index (χ2n) is 5.21. The molecular weight excluding hydrogens is 302 g/mol. The molecule has 6 heteroatoms. The lowest BCUT2D eigenvalue weighted by molar-refractivity contribution is 0.483. The molecule has 4 rings (SSSR count). The lowest BCUT2D eigenvalue weighted by atomic mass is 10.1. The maximum atomic E-state index is 5.82. The van der Waals surface area contributed by atoms with Crippen LogP contribution in [-0.4, -0.2) is 27.2 Å². The first-order valence-corrected chi connectivity index (χ1v) is 7.55. The van der Waals surface area contributed by atoms with Crippen molar-refractivity contribution in [1.29, 1.82) is 0 Å². The molecule has 2 aromatic carbocycles. The number of para-hydroxylation sites is 1. The molecule has 6 nitrogen and oxygen atoms in total. The van der Waals surface area contributed by atoms with Crippen molar-refractivity contribution in [2.75, 3.05) is 12.4 Å². The number of hydrogen-bond donors (Lipinski definition) is 2. The van der Waals surface area contributed by atoms with Gasteiger partial charge in [0.1, 0.15) is 23.6 Å². The molecule has 0 unspecified atom stereocenters. The lowest BCUT2D eigenvalue weighted by Gasteiger charge is -2.07.